The van der Waals surface area contributed by atoms with E-state index in [1.54, 1.807) is 13.2 Å². The summed E-state index contributed by atoms with van der Waals surface area (Å²) in [6.45, 7) is 6.03. The first-order valence-corrected chi connectivity index (χ1v) is 15.9. The third-order valence-corrected chi connectivity index (χ3v) is 10.4. The van der Waals surface area contributed by atoms with Crippen molar-refractivity contribution in [2.45, 2.75) is 63.8 Å². The number of nitrogens with zero attached hydrogens (tertiary/aromatic N) is 3. The molecule has 4 heterocycles. The Morgan fingerprint density at radius 2 is 1.85 bits per heavy atom. The van der Waals surface area contributed by atoms with E-state index in [9.17, 15) is 15.2 Å². The highest BCUT2D eigenvalue weighted by Gasteiger charge is 2.56. The molecule has 2 bridgehead atoms. The minimum absolute atomic E-state index is 0.0175. The summed E-state index contributed by atoms with van der Waals surface area (Å²) >= 11 is 0. The Bertz CT molecular complexity index is 1800. The lowest BCUT2D eigenvalue weighted by atomic mass is 9.71. The van der Waals surface area contributed by atoms with Crippen LogP contribution in [0.5, 0.6) is 23.0 Å². The molecule has 4 aliphatic heterocycles. The highest BCUT2D eigenvalue weighted by molar-refractivity contribution is 5.87. The number of hydrogen-bond acceptors (Lipinski definition) is 10. The Hall–Kier alpha value is -4.56. The van der Waals surface area contributed by atoms with Gasteiger partial charge in [-0.05, 0) is 69.0 Å². The molecular formula is C37H39N3O7. The van der Waals surface area contributed by atoms with Crippen LogP contribution in [0.25, 0.3) is 6.08 Å². The molecule has 3 aromatic carbocycles. The van der Waals surface area contributed by atoms with Crippen LogP contribution in [0.4, 0.5) is 0 Å². The van der Waals surface area contributed by atoms with Crippen LogP contribution in [0.15, 0.2) is 42.5 Å². The molecule has 1 fully saturated rings. The van der Waals surface area contributed by atoms with E-state index in [1.807, 2.05) is 37.3 Å². The van der Waals surface area contributed by atoms with Crippen LogP contribution in [0, 0.1) is 32.1 Å². The van der Waals surface area contributed by atoms with E-state index in [0.717, 1.165) is 33.6 Å². The quantitative estimate of drug-likeness (QED) is 0.214. The number of hydrogen-bond donors (Lipinski definition) is 1. The molecule has 0 radical (unpaired) electrons. The van der Waals surface area contributed by atoms with Crippen molar-refractivity contribution >= 4 is 12.0 Å². The number of aryl methyl sites for hydroxylation is 1. The highest BCUT2D eigenvalue weighted by atomic mass is 16.7. The van der Waals surface area contributed by atoms with E-state index in [2.05, 4.69) is 42.8 Å². The lowest BCUT2D eigenvalue weighted by Crippen LogP contribution is -2.68. The zero-order valence-corrected chi connectivity index (χ0v) is 27.3. The van der Waals surface area contributed by atoms with Crippen molar-refractivity contribution in [3.05, 3.63) is 87.0 Å². The molecule has 1 unspecified atom stereocenters. The van der Waals surface area contributed by atoms with Crippen LogP contribution in [-0.4, -0.2) is 73.4 Å². The molecule has 0 aromatic heterocycles. The van der Waals surface area contributed by atoms with Gasteiger partial charge < -0.3 is 28.8 Å². The van der Waals surface area contributed by atoms with Crippen LogP contribution in [-0.2, 0) is 27.1 Å². The number of phenols is 1. The number of likely N-dealkylation sites (N-methyl/N-ethyl adjacent to an activating group) is 1. The SMILES string of the molecule is COCOc1c(C)c(C)cc2c1[C@@H]1C3Cc4c(O)c(C)c5c(c4[C@H](COC(=O)/C=C/c4ccccc4)N3[C@@H](C#N)[C@@H](C2)N1C)OCO5. The average molecular weight is 638 g/mol. The smallest absolute Gasteiger partial charge is 0.330 e. The van der Waals surface area contributed by atoms with E-state index < -0.39 is 18.1 Å². The summed E-state index contributed by atoms with van der Waals surface area (Å²) in [5, 5.41) is 22.5. The number of rotatable bonds is 7. The number of nitriles is 1. The molecule has 10 nitrogen and oxygen atoms in total. The Labute approximate surface area is 274 Å². The molecule has 0 amide bonds. The van der Waals surface area contributed by atoms with Gasteiger partial charge in [0.15, 0.2) is 18.3 Å². The van der Waals surface area contributed by atoms with Gasteiger partial charge in [0.05, 0.1) is 18.2 Å². The topological polar surface area (TPSA) is 114 Å². The van der Waals surface area contributed by atoms with Crippen molar-refractivity contribution in [2.24, 2.45) is 0 Å². The second kappa shape index (κ2) is 12.2. The maximum Gasteiger partial charge on any atom is 0.330 e. The van der Waals surface area contributed by atoms with E-state index >= 15 is 0 Å². The van der Waals surface area contributed by atoms with Crippen molar-refractivity contribution in [1.29, 1.82) is 5.26 Å². The Morgan fingerprint density at radius 1 is 1.09 bits per heavy atom. The third-order valence-electron chi connectivity index (χ3n) is 10.4. The molecule has 3 aromatic rings. The number of fused-ring (bicyclic) bond motifs is 9. The van der Waals surface area contributed by atoms with Crippen molar-refractivity contribution in [2.75, 3.05) is 34.4 Å². The fourth-order valence-electron chi connectivity index (χ4n) is 8.09. The first kappa shape index (κ1) is 31.1. The van der Waals surface area contributed by atoms with Crippen LogP contribution < -0.4 is 14.2 Å². The van der Waals surface area contributed by atoms with Crippen molar-refractivity contribution in [3.63, 3.8) is 0 Å². The van der Waals surface area contributed by atoms with Crippen molar-refractivity contribution < 1.29 is 33.6 Å². The monoisotopic (exact) mass is 637 g/mol. The van der Waals surface area contributed by atoms with Gasteiger partial charge in [0, 0.05) is 47.5 Å². The van der Waals surface area contributed by atoms with Crippen LogP contribution >= 0.6 is 0 Å². The fraction of sp³-hybridized carbons (Fsp3) is 0.405. The second-order valence-electron chi connectivity index (χ2n) is 12.8. The molecule has 244 valence electrons. The molecule has 7 rings (SSSR count). The largest absolute Gasteiger partial charge is 0.507 e. The number of carbonyl (C=O) groups is 1. The molecule has 5 atom stereocenters. The Balaban J connectivity index is 1.36. The predicted octanol–water partition coefficient (Wildman–Crippen LogP) is 5.06. The fourth-order valence-corrected chi connectivity index (χ4v) is 8.09. The summed E-state index contributed by atoms with van der Waals surface area (Å²) in [6, 6.07) is 12.7. The summed E-state index contributed by atoms with van der Waals surface area (Å²) < 4.78 is 29.4. The van der Waals surface area contributed by atoms with Gasteiger partial charge in [-0.15, -0.1) is 0 Å². The maximum atomic E-state index is 13.1. The first-order chi connectivity index (χ1) is 22.7. The van der Waals surface area contributed by atoms with Crippen LogP contribution in [0.1, 0.15) is 56.6 Å². The normalized spacial score (nSPS) is 24.3. The van der Waals surface area contributed by atoms with Crippen molar-refractivity contribution in [3.8, 4) is 29.1 Å². The highest BCUT2D eigenvalue weighted by Crippen LogP contribution is 2.57. The summed E-state index contributed by atoms with van der Waals surface area (Å²) in [5.74, 6) is 1.44. The van der Waals surface area contributed by atoms with E-state index in [-0.39, 0.29) is 44.1 Å². The minimum Gasteiger partial charge on any atom is -0.507 e. The number of ether oxygens (including phenoxy) is 5. The summed E-state index contributed by atoms with van der Waals surface area (Å²) in [6.07, 6.45) is 4.21. The van der Waals surface area contributed by atoms with Gasteiger partial charge in [0.2, 0.25) is 6.79 Å². The second-order valence-corrected chi connectivity index (χ2v) is 12.8. The molecule has 4 aliphatic rings. The van der Waals surface area contributed by atoms with Gasteiger partial charge in [-0.3, -0.25) is 9.80 Å². The summed E-state index contributed by atoms with van der Waals surface area (Å²) in [5.41, 5.74) is 7.27. The van der Waals surface area contributed by atoms with Gasteiger partial charge in [-0.25, -0.2) is 4.79 Å². The van der Waals surface area contributed by atoms with Gasteiger partial charge in [0.1, 0.15) is 24.1 Å². The zero-order valence-electron chi connectivity index (χ0n) is 27.3. The number of carbonyl (C=O) groups excluding carboxylic acids is 1. The molecular weight excluding hydrogens is 598 g/mol. The average Bonchev–Trinajstić information content (AvgIpc) is 3.56. The van der Waals surface area contributed by atoms with Crippen LogP contribution in [0.2, 0.25) is 0 Å². The molecule has 47 heavy (non-hydrogen) atoms. The van der Waals surface area contributed by atoms with Crippen molar-refractivity contribution in [1.82, 2.24) is 9.80 Å². The number of aromatic hydroxyl groups is 1. The molecule has 0 saturated carbocycles. The zero-order chi connectivity index (χ0) is 33.0. The number of esters is 1. The van der Waals surface area contributed by atoms with Gasteiger partial charge in [0.25, 0.3) is 0 Å². The number of benzene rings is 3. The number of phenolic OH excluding ortho intramolecular Hbond substituents is 1. The Morgan fingerprint density at radius 3 is 2.60 bits per heavy atom. The van der Waals surface area contributed by atoms with Gasteiger partial charge >= 0.3 is 5.97 Å². The molecule has 0 aliphatic carbocycles. The number of piperazine rings is 1. The Kier molecular flexibility index (Phi) is 8.08. The molecule has 10 heteroatoms. The van der Waals surface area contributed by atoms with Gasteiger partial charge in [-0.1, -0.05) is 36.4 Å². The third kappa shape index (κ3) is 5.01. The summed E-state index contributed by atoms with van der Waals surface area (Å²) in [7, 11) is 3.67. The van der Waals surface area contributed by atoms with Gasteiger partial charge in [-0.2, -0.15) is 5.26 Å². The lowest BCUT2D eigenvalue weighted by Gasteiger charge is -2.60. The molecule has 1 saturated heterocycles. The van der Waals surface area contributed by atoms with E-state index in [1.165, 1.54) is 6.08 Å². The molecule has 0 spiro atoms. The minimum atomic E-state index is -0.584. The number of methoxy groups -OCH3 is 1. The van der Waals surface area contributed by atoms with E-state index in [0.29, 0.717) is 41.0 Å². The summed E-state index contributed by atoms with van der Waals surface area (Å²) in [4.78, 5) is 17.6. The van der Waals surface area contributed by atoms with E-state index in [4.69, 9.17) is 23.7 Å². The standard InChI is InChI=1S/C37H39N3O7/c1-20-13-24-14-26-28(16-38)40-27(33(39(26)4)31(24)35(21(20)2)45-18-43-5)15-25-32(37-36(46-19-47-37)22(3)34(25)42)29(40)17-44-30(41)12-11-23-9-7-6-8-10-23/h6-13,26-29,33,42H,14-15,17-19H2,1-5H3/b12-11+/t26-,27?,28+,29+,33+/m1/s1. The van der Waals surface area contributed by atoms with Crippen LogP contribution in [0.3, 0.4) is 0 Å². The lowest BCUT2D eigenvalue weighted by molar-refractivity contribution is -0.143. The maximum absolute atomic E-state index is 13.1. The molecule has 1 N–H and O–H groups in total. The first-order valence-electron chi connectivity index (χ1n) is 15.9. The predicted molar refractivity (Wildman–Crippen MR) is 173 cm³/mol.